The molecule has 0 spiro atoms. The Bertz CT molecular complexity index is 1160. The van der Waals surface area contributed by atoms with Gasteiger partial charge in [-0.1, -0.05) is 48.0 Å². The molecule has 5 nitrogen and oxygen atoms in total. The number of nitrogens with one attached hydrogen (secondary N) is 1. The van der Waals surface area contributed by atoms with Gasteiger partial charge in [0, 0.05) is 23.4 Å². The third kappa shape index (κ3) is 4.10. The number of para-hydroxylation sites is 1. The molecule has 4 aromatic rings. The van der Waals surface area contributed by atoms with Crippen molar-refractivity contribution in [2.24, 2.45) is 0 Å². The van der Waals surface area contributed by atoms with Crippen molar-refractivity contribution in [3.63, 3.8) is 0 Å². The van der Waals surface area contributed by atoms with Crippen LogP contribution in [0.15, 0.2) is 65.1 Å². The number of ether oxygens (including phenoxy) is 1. The van der Waals surface area contributed by atoms with E-state index in [1.165, 1.54) is 11.1 Å². The molecule has 0 saturated heterocycles. The molecule has 0 saturated carbocycles. The van der Waals surface area contributed by atoms with Gasteiger partial charge >= 0.3 is 0 Å². The number of nitrogens with zero attached hydrogens (tertiary/aromatic N) is 1. The van der Waals surface area contributed by atoms with Crippen molar-refractivity contribution in [1.82, 2.24) is 4.90 Å². The minimum absolute atomic E-state index is 0.103. The van der Waals surface area contributed by atoms with Crippen LogP contribution in [0.2, 0.25) is 0 Å². The van der Waals surface area contributed by atoms with Gasteiger partial charge in [0.15, 0.2) is 0 Å². The highest BCUT2D eigenvalue weighted by Gasteiger charge is 2.15. The van der Waals surface area contributed by atoms with Gasteiger partial charge in [-0.15, -0.1) is 0 Å². The summed E-state index contributed by atoms with van der Waals surface area (Å²) in [7, 11) is 3.53. The van der Waals surface area contributed by atoms with E-state index in [9.17, 15) is 4.79 Å². The van der Waals surface area contributed by atoms with Crippen LogP contribution in [0, 0.1) is 6.92 Å². The summed E-state index contributed by atoms with van der Waals surface area (Å²) in [6, 6.07) is 19.9. The van der Waals surface area contributed by atoms with Gasteiger partial charge in [0.05, 0.1) is 19.3 Å². The number of carbonyl (C=O) groups excluding carboxylic acids is 1. The van der Waals surface area contributed by atoms with E-state index in [0.29, 0.717) is 18.0 Å². The molecule has 3 aromatic carbocycles. The van der Waals surface area contributed by atoms with Crippen LogP contribution in [0.25, 0.3) is 21.9 Å². The van der Waals surface area contributed by atoms with Gasteiger partial charge in [-0.3, -0.25) is 9.69 Å². The van der Waals surface area contributed by atoms with Crippen LogP contribution in [-0.4, -0.2) is 31.5 Å². The maximum absolute atomic E-state index is 12.6. The van der Waals surface area contributed by atoms with Crippen LogP contribution in [0.3, 0.4) is 0 Å². The predicted molar refractivity (Wildman–Crippen MR) is 116 cm³/mol. The normalized spacial score (nSPS) is 11.3. The highest BCUT2D eigenvalue weighted by molar-refractivity contribution is 6.07. The second-order valence-corrected chi connectivity index (χ2v) is 7.35. The zero-order chi connectivity index (χ0) is 20.4. The number of aryl methyl sites for hydroxylation is 1. The average Bonchev–Trinajstić information content (AvgIpc) is 3.06. The van der Waals surface area contributed by atoms with Crippen LogP contribution in [0.1, 0.15) is 11.1 Å². The van der Waals surface area contributed by atoms with Crippen molar-refractivity contribution in [3.8, 4) is 5.75 Å². The molecule has 4 rings (SSSR count). The number of amides is 1. The maximum atomic E-state index is 12.6. The van der Waals surface area contributed by atoms with E-state index in [2.05, 4.69) is 36.5 Å². The van der Waals surface area contributed by atoms with Crippen molar-refractivity contribution < 1.29 is 13.9 Å². The molecule has 1 aromatic heterocycles. The first-order valence-electron chi connectivity index (χ1n) is 9.56. The summed E-state index contributed by atoms with van der Waals surface area (Å²) in [5, 5.41) is 4.95. The Morgan fingerprint density at radius 3 is 2.55 bits per heavy atom. The zero-order valence-electron chi connectivity index (χ0n) is 16.9. The van der Waals surface area contributed by atoms with Crippen molar-refractivity contribution >= 4 is 33.5 Å². The Morgan fingerprint density at radius 1 is 1.03 bits per heavy atom. The zero-order valence-corrected chi connectivity index (χ0v) is 16.9. The molecule has 0 atom stereocenters. The Labute approximate surface area is 169 Å². The number of benzene rings is 3. The SMILES string of the molecule is COc1cc2c(cc1NC(=O)CN(C)Cc1ccc(C)cc1)oc1ccccc12. The van der Waals surface area contributed by atoms with Crippen LogP contribution in [0.4, 0.5) is 5.69 Å². The number of hydrogen-bond acceptors (Lipinski definition) is 4. The standard InChI is InChI=1S/C24H24N2O3/c1-16-8-10-17(11-9-16)14-26(2)15-24(27)25-20-13-22-19(12-23(20)28-3)18-6-4-5-7-21(18)29-22/h4-13H,14-15H2,1-3H3,(H,25,27). The second kappa shape index (κ2) is 7.97. The van der Waals surface area contributed by atoms with Crippen LogP contribution in [-0.2, 0) is 11.3 Å². The summed E-state index contributed by atoms with van der Waals surface area (Å²) in [6.45, 7) is 3.04. The third-order valence-electron chi connectivity index (χ3n) is 4.96. The Morgan fingerprint density at radius 2 is 1.79 bits per heavy atom. The van der Waals surface area contributed by atoms with Crippen LogP contribution < -0.4 is 10.1 Å². The quantitative estimate of drug-likeness (QED) is 0.506. The number of hydrogen-bond donors (Lipinski definition) is 1. The molecular weight excluding hydrogens is 364 g/mol. The molecule has 29 heavy (non-hydrogen) atoms. The predicted octanol–water partition coefficient (Wildman–Crippen LogP) is 4.97. The summed E-state index contributed by atoms with van der Waals surface area (Å²) in [4.78, 5) is 14.6. The first-order chi connectivity index (χ1) is 14.0. The largest absolute Gasteiger partial charge is 0.495 e. The molecule has 148 valence electrons. The summed E-state index contributed by atoms with van der Waals surface area (Å²) in [6.07, 6.45) is 0. The van der Waals surface area contributed by atoms with E-state index in [-0.39, 0.29) is 12.5 Å². The van der Waals surface area contributed by atoms with Gasteiger partial charge in [-0.05, 0) is 31.7 Å². The van der Waals surface area contributed by atoms with Gasteiger partial charge in [-0.2, -0.15) is 0 Å². The van der Waals surface area contributed by atoms with Gasteiger partial charge in [0.1, 0.15) is 16.9 Å². The van der Waals surface area contributed by atoms with Gasteiger partial charge in [-0.25, -0.2) is 0 Å². The van der Waals surface area contributed by atoms with Gasteiger partial charge in [0.2, 0.25) is 5.91 Å². The van der Waals surface area contributed by atoms with Crippen molar-refractivity contribution in [1.29, 1.82) is 0 Å². The number of methoxy groups -OCH3 is 1. The lowest BCUT2D eigenvalue weighted by Gasteiger charge is -2.17. The lowest BCUT2D eigenvalue weighted by Crippen LogP contribution is -2.29. The fourth-order valence-corrected chi connectivity index (χ4v) is 3.51. The summed E-state index contributed by atoms with van der Waals surface area (Å²) in [5.74, 6) is 0.506. The Balaban J connectivity index is 1.50. The van der Waals surface area contributed by atoms with Crippen LogP contribution >= 0.6 is 0 Å². The van der Waals surface area contributed by atoms with E-state index in [1.807, 2.05) is 48.3 Å². The maximum Gasteiger partial charge on any atom is 0.238 e. The molecule has 0 unspecified atom stereocenters. The molecule has 5 heteroatoms. The van der Waals surface area contributed by atoms with Crippen molar-refractivity contribution in [2.45, 2.75) is 13.5 Å². The molecule has 1 N–H and O–H groups in total. The summed E-state index contributed by atoms with van der Waals surface area (Å²) >= 11 is 0. The monoisotopic (exact) mass is 388 g/mol. The van der Waals surface area contributed by atoms with E-state index >= 15 is 0 Å². The number of likely N-dealkylation sites (N-methyl/N-ethyl adjacent to an activating group) is 1. The van der Waals surface area contributed by atoms with Gasteiger partial charge in [0.25, 0.3) is 0 Å². The number of furan rings is 1. The first kappa shape index (κ1) is 19.0. The molecule has 0 fully saturated rings. The number of carbonyl (C=O) groups is 1. The molecule has 0 bridgehead atoms. The van der Waals surface area contributed by atoms with E-state index in [4.69, 9.17) is 9.15 Å². The van der Waals surface area contributed by atoms with Crippen molar-refractivity contribution in [3.05, 3.63) is 71.8 Å². The topological polar surface area (TPSA) is 54.7 Å². The molecule has 0 radical (unpaired) electrons. The smallest absolute Gasteiger partial charge is 0.238 e. The lowest BCUT2D eigenvalue weighted by atomic mass is 10.1. The summed E-state index contributed by atoms with van der Waals surface area (Å²) < 4.78 is 11.4. The molecular formula is C24H24N2O3. The molecule has 0 aliphatic rings. The fraction of sp³-hybridized carbons (Fsp3) is 0.208. The van der Waals surface area contributed by atoms with Gasteiger partial charge < -0.3 is 14.5 Å². The Kier molecular flexibility index (Phi) is 5.23. The summed E-state index contributed by atoms with van der Waals surface area (Å²) in [5.41, 5.74) is 4.53. The molecule has 1 amide bonds. The minimum Gasteiger partial charge on any atom is -0.495 e. The highest BCUT2D eigenvalue weighted by atomic mass is 16.5. The molecule has 1 heterocycles. The molecule has 0 aliphatic heterocycles. The third-order valence-corrected chi connectivity index (χ3v) is 4.96. The Hall–Kier alpha value is -3.31. The second-order valence-electron chi connectivity index (χ2n) is 7.35. The minimum atomic E-state index is -0.103. The first-order valence-corrected chi connectivity index (χ1v) is 9.56. The number of anilines is 1. The number of rotatable bonds is 6. The lowest BCUT2D eigenvalue weighted by molar-refractivity contribution is -0.117. The van der Waals surface area contributed by atoms with E-state index in [0.717, 1.165) is 21.9 Å². The van der Waals surface area contributed by atoms with Crippen molar-refractivity contribution in [2.75, 3.05) is 26.0 Å². The fourth-order valence-electron chi connectivity index (χ4n) is 3.51. The highest BCUT2D eigenvalue weighted by Crippen LogP contribution is 2.36. The van der Waals surface area contributed by atoms with Crippen LogP contribution in [0.5, 0.6) is 5.75 Å². The molecule has 0 aliphatic carbocycles. The van der Waals surface area contributed by atoms with E-state index in [1.54, 1.807) is 7.11 Å². The van der Waals surface area contributed by atoms with E-state index < -0.39 is 0 Å². The number of fused-ring (bicyclic) bond motifs is 3. The average molecular weight is 388 g/mol.